The minimum absolute atomic E-state index is 0.233. The Kier molecular flexibility index (Phi) is 4.02. The Hall–Kier alpha value is -1.41. The van der Waals surface area contributed by atoms with Gasteiger partial charge < -0.3 is 5.32 Å². The van der Waals surface area contributed by atoms with Gasteiger partial charge in [0.2, 0.25) is 0 Å². The Labute approximate surface area is 103 Å². The first kappa shape index (κ1) is 12.7. The van der Waals surface area contributed by atoms with Crippen LogP contribution in [0.15, 0.2) is 22.9 Å². The first-order chi connectivity index (χ1) is 7.46. The maximum Gasteiger partial charge on any atom is 0.254 e. The zero-order valence-electron chi connectivity index (χ0n) is 9.12. The molecule has 0 aromatic carbocycles. The van der Waals surface area contributed by atoms with Crippen LogP contribution in [-0.2, 0) is 0 Å². The summed E-state index contributed by atoms with van der Waals surface area (Å²) in [5.41, 5.74) is -0.0964. The topological polar surface area (TPSA) is 65.8 Å². The molecule has 0 atom stereocenters. The van der Waals surface area contributed by atoms with Crippen molar-refractivity contribution in [2.24, 2.45) is 5.41 Å². The average Bonchev–Trinajstić information content (AvgIpc) is 2.27. The van der Waals surface area contributed by atoms with E-state index >= 15 is 0 Å². The molecule has 1 N–H and O–H groups in total. The molecule has 0 aliphatic rings. The number of nitrogens with zero attached hydrogens (tertiary/aromatic N) is 2. The monoisotopic (exact) mass is 281 g/mol. The number of hydrogen-bond donors (Lipinski definition) is 1. The second-order valence-corrected chi connectivity index (χ2v) is 4.77. The molecule has 0 radical (unpaired) electrons. The molecule has 0 saturated heterocycles. The van der Waals surface area contributed by atoms with E-state index in [9.17, 15) is 4.79 Å². The van der Waals surface area contributed by atoms with Crippen molar-refractivity contribution >= 4 is 21.8 Å². The van der Waals surface area contributed by atoms with E-state index in [-0.39, 0.29) is 5.91 Å². The van der Waals surface area contributed by atoms with Gasteiger partial charge in [0.25, 0.3) is 5.91 Å². The summed E-state index contributed by atoms with van der Waals surface area (Å²) in [5, 5.41) is 11.5. The number of aromatic nitrogens is 1. The van der Waals surface area contributed by atoms with E-state index in [2.05, 4.69) is 32.3 Å². The quantitative estimate of drug-likeness (QED) is 0.863. The Morgan fingerprint density at radius 3 is 2.94 bits per heavy atom. The van der Waals surface area contributed by atoms with Crippen LogP contribution in [0.5, 0.6) is 0 Å². The van der Waals surface area contributed by atoms with E-state index in [4.69, 9.17) is 5.26 Å². The molecule has 1 aromatic heterocycles. The number of pyridine rings is 1. The summed E-state index contributed by atoms with van der Waals surface area (Å²) in [6, 6.07) is 5.48. The number of nitriles is 1. The Morgan fingerprint density at radius 1 is 1.69 bits per heavy atom. The first-order valence-electron chi connectivity index (χ1n) is 4.76. The van der Waals surface area contributed by atoms with Gasteiger partial charge in [-0.25, -0.2) is 4.98 Å². The van der Waals surface area contributed by atoms with E-state index in [1.807, 2.05) is 0 Å². The highest BCUT2D eigenvalue weighted by Gasteiger charge is 2.19. The van der Waals surface area contributed by atoms with Gasteiger partial charge in [0, 0.05) is 12.7 Å². The van der Waals surface area contributed by atoms with Crippen molar-refractivity contribution in [3.05, 3.63) is 28.5 Å². The maximum absolute atomic E-state index is 11.7. The van der Waals surface area contributed by atoms with Crippen molar-refractivity contribution in [3.8, 4) is 6.07 Å². The molecule has 0 unspecified atom stereocenters. The van der Waals surface area contributed by atoms with Crippen molar-refractivity contribution < 1.29 is 4.79 Å². The number of hydrogen-bond acceptors (Lipinski definition) is 3. The molecule has 0 spiro atoms. The number of halogens is 1. The van der Waals surface area contributed by atoms with Crippen LogP contribution in [-0.4, -0.2) is 17.4 Å². The highest BCUT2D eigenvalue weighted by atomic mass is 79.9. The zero-order valence-corrected chi connectivity index (χ0v) is 10.7. The average molecular weight is 282 g/mol. The number of nitrogens with one attached hydrogen (secondary N) is 1. The predicted octanol–water partition coefficient (Wildman–Crippen LogP) is 2.12. The molecule has 0 aliphatic heterocycles. The van der Waals surface area contributed by atoms with Crippen LogP contribution >= 0.6 is 15.9 Å². The van der Waals surface area contributed by atoms with Gasteiger partial charge in [0.05, 0.1) is 17.0 Å². The molecule has 4 nitrogen and oxygen atoms in total. The number of rotatable bonds is 3. The summed E-state index contributed by atoms with van der Waals surface area (Å²) in [6.07, 6.45) is 1.60. The van der Waals surface area contributed by atoms with E-state index in [0.29, 0.717) is 16.7 Å². The molecule has 0 fully saturated rings. The lowest BCUT2D eigenvalue weighted by atomic mass is 9.96. The molecule has 1 aromatic rings. The van der Waals surface area contributed by atoms with Crippen molar-refractivity contribution in [2.45, 2.75) is 13.8 Å². The summed E-state index contributed by atoms with van der Waals surface area (Å²) >= 11 is 3.20. The number of carbonyl (C=O) groups is 1. The summed E-state index contributed by atoms with van der Waals surface area (Å²) in [6.45, 7) is 3.85. The van der Waals surface area contributed by atoms with Crippen molar-refractivity contribution in [1.82, 2.24) is 10.3 Å². The van der Waals surface area contributed by atoms with Crippen LogP contribution < -0.4 is 5.32 Å². The number of amides is 1. The van der Waals surface area contributed by atoms with Crippen LogP contribution in [0.25, 0.3) is 0 Å². The molecule has 84 valence electrons. The van der Waals surface area contributed by atoms with Gasteiger partial charge in [0.15, 0.2) is 0 Å². The zero-order chi connectivity index (χ0) is 12.2. The minimum Gasteiger partial charge on any atom is -0.350 e. The third-order valence-electron chi connectivity index (χ3n) is 2.00. The van der Waals surface area contributed by atoms with Crippen molar-refractivity contribution in [1.29, 1.82) is 5.26 Å². The summed E-state index contributed by atoms with van der Waals surface area (Å²) in [7, 11) is 0. The molecule has 1 amide bonds. The lowest BCUT2D eigenvalue weighted by Gasteiger charge is -2.15. The fraction of sp³-hybridized carbons (Fsp3) is 0.364. The van der Waals surface area contributed by atoms with Crippen LogP contribution in [0.2, 0.25) is 0 Å². The standard InChI is InChI=1S/C11H12BrN3O/c1-11(2,6-13)7-15-10(16)8-4-3-5-14-9(8)12/h3-5H,7H2,1-2H3,(H,15,16). The molecular weight excluding hydrogens is 270 g/mol. The molecule has 5 heteroatoms. The highest BCUT2D eigenvalue weighted by molar-refractivity contribution is 9.10. The van der Waals surface area contributed by atoms with E-state index in [1.54, 1.807) is 32.2 Å². The Balaban J connectivity index is 2.68. The van der Waals surface area contributed by atoms with Crippen LogP contribution in [0.1, 0.15) is 24.2 Å². The van der Waals surface area contributed by atoms with Gasteiger partial charge in [-0.15, -0.1) is 0 Å². The summed E-state index contributed by atoms with van der Waals surface area (Å²) in [5.74, 6) is -0.233. The molecule has 16 heavy (non-hydrogen) atoms. The lowest BCUT2D eigenvalue weighted by Crippen LogP contribution is -2.33. The fourth-order valence-electron chi connectivity index (χ4n) is 0.991. The number of carbonyl (C=O) groups excluding carboxylic acids is 1. The van der Waals surface area contributed by atoms with Crippen LogP contribution in [0, 0.1) is 16.7 Å². The molecule has 0 aliphatic carbocycles. The van der Waals surface area contributed by atoms with Crippen LogP contribution in [0.3, 0.4) is 0 Å². The van der Waals surface area contributed by atoms with Gasteiger partial charge in [-0.2, -0.15) is 5.26 Å². The minimum atomic E-state index is -0.565. The summed E-state index contributed by atoms with van der Waals surface area (Å²) < 4.78 is 0.502. The van der Waals surface area contributed by atoms with E-state index in [0.717, 1.165) is 0 Å². The van der Waals surface area contributed by atoms with Crippen LogP contribution in [0.4, 0.5) is 0 Å². The smallest absolute Gasteiger partial charge is 0.254 e. The second-order valence-electron chi connectivity index (χ2n) is 4.02. The summed E-state index contributed by atoms with van der Waals surface area (Å²) in [4.78, 5) is 15.7. The first-order valence-corrected chi connectivity index (χ1v) is 5.55. The Bertz CT molecular complexity index is 437. The fourth-order valence-corrected chi connectivity index (χ4v) is 1.42. The van der Waals surface area contributed by atoms with Gasteiger partial charge in [-0.1, -0.05) is 0 Å². The second kappa shape index (κ2) is 5.08. The lowest BCUT2D eigenvalue weighted by molar-refractivity contribution is 0.0942. The Morgan fingerprint density at radius 2 is 2.38 bits per heavy atom. The molecule has 1 rings (SSSR count). The van der Waals surface area contributed by atoms with Gasteiger partial charge in [-0.3, -0.25) is 4.79 Å². The van der Waals surface area contributed by atoms with E-state index in [1.165, 1.54) is 0 Å². The third kappa shape index (κ3) is 3.31. The maximum atomic E-state index is 11.7. The predicted molar refractivity (Wildman–Crippen MR) is 63.7 cm³/mol. The normalized spacial score (nSPS) is 10.6. The van der Waals surface area contributed by atoms with Gasteiger partial charge in [-0.05, 0) is 41.9 Å². The van der Waals surface area contributed by atoms with Gasteiger partial charge in [0.1, 0.15) is 4.60 Å². The largest absolute Gasteiger partial charge is 0.350 e. The molecule has 1 heterocycles. The van der Waals surface area contributed by atoms with Crippen molar-refractivity contribution in [2.75, 3.05) is 6.54 Å². The third-order valence-corrected chi connectivity index (χ3v) is 2.63. The molecule has 0 saturated carbocycles. The van der Waals surface area contributed by atoms with Gasteiger partial charge >= 0.3 is 0 Å². The molecule has 0 bridgehead atoms. The molecular formula is C11H12BrN3O. The highest BCUT2D eigenvalue weighted by Crippen LogP contribution is 2.14. The SMILES string of the molecule is CC(C)(C#N)CNC(=O)c1cccnc1Br. The van der Waals surface area contributed by atoms with Crippen molar-refractivity contribution in [3.63, 3.8) is 0 Å². The van der Waals surface area contributed by atoms with E-state index < -0.39 is 5.41 Å².